The molecule has 3 N–H and O–H groups in total. The van der Waals surface area contributed by atoms with Crippen LogP contribution in [-0.4, -0.2) is 29.4 Å². The van der Waals surface area contributed by atoms with Gasteiger partial charge in [-0.3, -0.25) is 4.79 Å². The number of hydrogen-bond donors (Lipinski definition) is 2. The van der Waals surface area contributed by atoms with Gasteiger partial charge in [-0.25, -0.2) is 0 Å². The summed E-state index contributed by atoms with van der Waals surface area (Å²) in [6, 6.07) is 6.72. The van der Waals surface area contributed by atoms with E-state index in [9.17, 15) is 4.79 Å². The van der Waals surface area contributed by atoms with Gasteiger partial charge in [-0.1, -0.05) is 11.8 Å². The first kappa shape index (κ1) is 12.0. The Bertz CT molecular complexity index is 313. The number of carbonyl (C=O) groups excluding carboxylic acids is 1. The molecule has 82 valence electrons. The minimum absolute atomic E-state index is 0.0311. The smallest absolute Gasteiger partial charge is 0.221 e. The molecule has 0 aromatic heterocycles. The fourth-order valence-corrected chi connectivity index (χ4v) is 1.53. The molecule has 0 aliphatic rings. The minimum Gasteiger partial charge on any atom is -0.399 e. The number of rotatable bonds is 5. The zero-order chi connectivity index (χ0) is 11.1. The maximum absolute atomic E-state index is 11.5. The van der Waals surface area contributed by atoms with Crippen LogP contribution < -0.4 is 5.73 Å². The third-order valence-electron chi connectivity index (χ3n) is 1.66. The van der Waals surface area contributed by atoms with Crippen molar-refractivity contribution >= 4 is 22.6 Å². The summed E-state index contributed by atoms with van der Waals surface area (Å²) in [5.41, 5.74) is 6.73. The van der Waals surface area contributed by atoms with E-state index in [1.54, 1.807) is 24.3 Å². The molecule has 1 rings (SSSR count). The first-order valence-corrected chi connectivity index (χ1v) is 5.44. The third-order valence-corrected chi connectivity index (χ3v) is 2.44. The highest BCUT2D eigenvalue weighted by molar-refractivity contribution is 8.14. The van der Waals surface area contributed by atoms with Crippen molar-refractivity contribution in [1.29, 1.82) is 0 Å². The SMILES string of the molecule is Nc1ccc(C(=O)SCOCCO)cc1. The predicted molar refractivity (Wildman–Crippen MR) is 60.7 cm³/mol. The number of anilines is 1. The highest BCUT2D eigenvalue weighted by Crippen LogP contribution is 2.14. The minimum atomic E-state index is -0.0621. The van der Waals surface area contributed by atoms with Gasteiger partial charge < -0.3 is 15.6 Å². The number of benzene rings is 1. The molecule has 0 radical (unpaired) electrons. The summed E-state index contributed by atoms with van der Waals surface area (Å²) in [5.74, 6) is 0.254. The quantitative estimate of drug-likeness (QED) is 0.448. The lowest BCUT2D eigenvalue weighted by atomic mass is 10.2. The van der Waals surface area contributed by atoms with Gasteiger partial charge in [-0.05, 0) is 24.3 Å². The number of aliphatic hydroxyl groups is 1. The standard InChI is InChI=1S/C10H13NO3S/c11-9-3-1-8(2-4-9)10(13)15-7-14-6-5-12/h1-4,12H,5-7,11H2. The van der Waals surface area contributed by atoms with Crippen LogP contribution in [0.2, 0.25) is 0 Å². The number of nitrogen functional groups attached to an aromatic ring is 1. The Labute approximate surface area is 92.4 Å². The Kier molecular flexibility index (Phi) is 5.17. The van der Waals surface area contributed by atoms with Crippen LogP contribution in [0.1, 0.15) is 10.4 Å². The number of aliphatic hydroxyl groups excluding tert-OH is 1. The summed E-state index contributed by atoms with van der Waals surface area (Å²) in [4.78, 5) is 11.5. The van der Waals surface area contributed by atoms with Crippen molar-refractivity contribution in [2.24, 2.45) is 0 Å². The van der Waals surface area contributed by atoms with E-state index in [4.69, 9.17) is 15.6 Å². The van der Waals surface area contributed by atoms with Crippen LogP contribution in [0.5, 0.6) is 0 Å². The first-order valence-electron chi connectivity index (χ1n) is 4.45. The van der Waals surface area contributed by atoms with Gasteiger partial charge in [0.15, 0.2) is 0 Å². The van der Waals surface area contributed by atoms with E-state index in [0.717, 1.165) is 11.8 Å². The molecule has 0 heterocycles. The zero-order valence-corrected chi connectivity index (χ0v) is 9.00. The summed E-state index contributed by atoms with van der Waals surface area (Å²) < 4.78 is 4.97. The van der Waals surface area contributed by atoms with Crippen molar-refractivity contribution in [3.05, 3.63) is 29.8 Å². The summed E-state index contributed by atoms with van der Waals surface area (Å²) >= 11 is 1.06. The molecular weight excluding hydrogens is 214 g/mol. The largest absolute Gasteiger partial charge is 0.399 e. The van der Waals surface area contributed by atoms with Gasteiger partial charge in [-0.2, -0.15) is 0 Å². The van der Waals surface area contributed by atoms with E-state index < -0.39 is 0 Å². The number of carbonyl (C=O) groups is 1. The van der Waals surface area contributed by atoms with Gasteiger partial charge >= 0.3 is 0 Å². The summed E-state index contributed by atoms with van der Waals surface area (Å²) in [6.45, 7) is 0.221. The highest BCUT2D eigenvalue weighted by Gasteiger charge is 2.05. The summed E-state index contributed by atoms with van der Waals surface area (Å²) in [7, 11) is 0. The molecule has 1 aromatic rings. The van der Waals surface area contributed by atoms with Gasteiger partial charge in [0, 0.05) is 11.3 Å². The summed E-state index contributed by atoms with van der Waals surface area (Å²) in [6.07, 6.45) is 0. The zero-order valence-electron chi connectivity index (χ0n) is 8.18. The maximum atomic E-state index is 11.5. The number of ether oxygens (including phenoxy) is 1. The molecule has 1 aromatic carbocycles. The Morgan fingerprint density at radius 2 is 2.07 bits per heavy atom. The highest BCUT2D eigenvalue weighted by atomic mass is 32.2. The fraction of sp³-hybridized carbons (Fsp3) is 0.300. The monoisotopic (exact) mass is 227 g/mol. The van der Waals surface area contributed by atoms with Crippen LogP contribution in [0.4, 0.5) is 5.69 Å². The van der Waals surface area contributed by atoms with Crippen LogP contribution >= 0.6 is 11.8 Å². The Morgan fingerprint density at radius 3 is 2.67 bits per heavy atom. The van der Waals surface area contributed by atoms with E-state index in [1.165, 1.54) is 0 Å². The van der Waals surface area contributed by atoms with Gasteiger partial charge in [0.2, 0.25) is 5.12 Å². The molecule has 4 nitrogen and oxygen atoms in total. The molecule has 0 aliphatic carbocycles. The second kappa shape index (κ2) is 6.44. The van der Waals surface area contributed by atoms with Crippen molar-refractivity contribution in [2.45, 2.75) is 0 Å². The van der Waals surface area contributed by atoms with Crippen molar-refractivity contribution in [3.63, 3.8) is 0 Å². The van der Waals surface area contributed by atoms with E-state index >= 15 is 0 Å². The molecule has 0 saturated carbocycles. The number of nitrogens with two attached hydrogens (primary N) is 1. The van der Waals surface area contributed by atoms with Crippen LogP contribution in [0.3, 0.4) is 0 Å². The fourth-order valence-electron chi connectivity index (χ4n) is 0.921. The van der Waals surface area contributed by atoms with Crippen LogP contribution in [0.25, 0.3) is 0 Å². The first-order chi connectivity index (χ1) is 7.24. The molecule has 0 atom stereocenters. The van der Waals surface area contributed by atoms with Gasteiger partial charge in [0.1, 0.15) is 0 Å². The Morgan fingerprint density at radius 1 is 1.40 bits per heavy atom. The molecule has 0 unspecified atom stereocenters. The lowest BCUT2D eigenvalue weighted by Gasteiger charge is -2.02. The lowest BCUT2D eigenvalue weighted by Crippen LogP contribution is -2.01. The van der Waals surface area contributed by atoms with Crippen molar-refractivity contribution in [3.8, 4) is 0 Å². The average Bonchev–Trinajstić information content (AvgIpc) is 2.25. The number of hydrogen-bond acceptors (Lipinski definition) is 5. The molecule has 0 bridgehead atoms. The Hall–Kier alpha value is -1.04. The molecule has 0 amide bonds. The molecular formula is C10H13NO3S. The van der Waals surface area contributed by atoms with Gasteiger partial charge in [-0.15, -0.1) is 0 Å². The predicted octanol–water partition coefficient (Wildman–Crippen LogP) is 1.11. The normalized spacial score (nSPS) is 10.2. The third kappa shape index (κ3) is 4.33. The average molecular weight is 227 g/mol. The summed E-state index contributed by atoms with van der Waals surface area (Å²) in [5, 5.41) is 8.38. The van der Waals surface area contributed by atoms with Crippen LogP contribution in [0, 0.1) is 0 Å². The maximum Gasteiger partial charge on any atom is 0.221 e. The van der Waals surface area contributed by atoms with Crippen molar-refractivity contribution in [2.75, 3.05) is 24.9 Å². The lowest BCUT2D eigenvalue weighted by molar-refractivity contribution is 0.107. The molecule has 0 spiro atoms. The van der Waals surface area contributed by atoms with E-state index in [0.29, 0.717) is 11.3 Å². The van der Waals surface area contributed by atoms with Gasteiger partial charge in [0.25, 0.3) is 0 Å². The van der Waals surface area contributed by atoms with Crippen molar-refractivity contribution in [1.82, 2.24) is 0 Å². The van der Waals surface area contributed by atoms with Crippen LogP contribution in [-0.2, 0) is 4.74 Å². The molecule has 15 heavy (non-hydrogen) atoms. The molecule has 0 saturated heterocycles. The van der Waals surface area contributed by atoms with E-state index in [-0.39, 0.29) is 24.3 Å². The molecule has 0 aliphatic heterocycles. The second-order valence-electron chi connectivity index (χ2n) is 2.80. The number of thioether (sulfide) groups is 1. The van der Waals surface area contributed by atoms with Gasteiger partial charge in [0.05, 0.1) is 19.2 Å². The topological polar surface area (TPSA) is 72.6 Å². The molecule has 5 heteroatoms. The molecule has 0 fully saturated rings. The van der Waals surface area contributed by atoms with Crippen LogP contribution in [0.15, 0.2) is 24.3 Å². The van der Waals surface area contributed by atoms with E-state index in [1.807, 2.05) is 0 Å². The Balaban J connectivity index is 2.37. The van der Waals surface area contributed by atoms with Crippen molar-refractivity contribution < 1.29 is 14.6 Å². The van der Waals surface area contributed by atoms with E-state index in [2.05, 4.69) is 0 Å². The second-order valence-corrected chi connectivity index (χ2v) is 3.70.